The van der Waals surface area contributed by atoms with E-state index in [1.807, 2.05) is 17.5 Å². The fraction of sp³-hybridized carbons (Fsp3) is 0.583. The molecule has 1 aliphatic carbocycles. The largest absolute Gasteiger partial charge is 0.354 e. The molecule has 0 aromatic carbocycles. The SMILES string of the molecule is CCC1(CNC(=O)C(N)c2cccs2)CC1. The highest BCUT2D eigenvalue weighted by Crippen LogP contribution is 2.47. The summed E-state index contributed by atoms with van der Waals surface area (Å²) >= 11 is 1.53. The lowest BCUT2D eigenvalue weighted by molar-refractivity contribution is -0.122. The van der Waals surface area contributed by atoms with E-state index in [1.54, 1.807) is 0 Å². The molecule has 88 valence electrons. The number of nitrogens with one attached hydrogen (secondary N) is 1. The van der Waals surface area contributed by atoms with Crippen molar-refractivity contribution in [2.24, 2.45) is 11.1 Å². The first-order valence-electron chi connectivity index (χ1n) is 5.73. The first-order chi connectivity index (χ1) is 7.67. The summed E-state index contributed by atoms with van der Waals surface area (Å²) in [4.78, 5) is 12.7. The van der Waals surface area contributed by atoms with Crippen LogP contribution in [0, 0.1) is 5.41 Å². The van der Waals surface area contributed by atoms with Gasteiger partial charge in [-0.05, 0) is 36.1 Å². The van der Waals surface area contributed by atoms with Gasteiger partial charge in [0.1, 0.15) is 6.04 Å². The molecule has 3 nitrogen and oxygen atoms in total. The second-order valence-corrected chi connectivity index (χ2v) is 5.54. The van der Waals surface area contributed by atoms with E-state index in [2.05, 4.69) is 12.2 Å². The third kappa shape index (κ3) is 2.44. The molecule has 16 heavy (non-hydrogen) atoms. The van der Waals surface area contributed by atoms with Crippen molar-refractivity contribution in [1.82, 2.24) is 5.32 Å². The molecule has 1 aromatic rings. The Labute approximate surface area is 100 Å². The average molecular weight is 238 g/mol. The molecule has 1 heterocycles. The van der Waals surface area contributed by atoms with E-state index in [4.69, 9.17) is 5.73 Å². The number of carbonyl (C=O) groups is 1. The van der Waals surface area contributed by atoms with Crippen LogP contribution in [-0.2, 0) is 4.79 Å². The summed E-state index contributed by atoms with van der Waals surface area (Å²) in [5.74, 6) is -0.0535. The van der Waals surface area contributed by atoms with Crippen LogP contribution >= 0.6 is 11.3 Å². The van der Waals surface area contributed by atoms with Crippen LogP contribution < -0.4 is 11.1 Å². The zero-order valence-electron chi connectivity index (χ0n) is 9.53. The highest BCUT2D eigenvalue weighted by atomic mass is 32.1. The Morgan fingerprint density at radius 1 is 1.69 bits per heavy atom. The predicted octanol–water partition coefficient (Wildman–Crippen LogP) is 2.05. The Kier molecular flexibility index (Phi) is 3.30. The molecule has 0 radical (unpaired) electrons. The molecule has 1 saturated carbocycles. The summed E-state index contributed by atoms with van der Waals surface area (Å²) in [6, 6.07) is 3.32. The van der Waals surface area contributed by atoms with E-state index < -0.39 is 6.04 Å². The third-order valence-corrected chi connectivity index (χ3v) is 4.43. The quantitative estimate of drug-likeness (QED) is 0.825. The Morgan fingerprint density at radius 3 is 2.94 bits per heavy atom. The maximum absolute atomic E-state index is 11.8. The fourth-order valence-electron chi connectivity index (χ4n) is 1.81. The van der Waals surface area contributed by atoms with Gasteiger partial charge < -0.3 is 11.1 Å². The Bertz CT molecular complexity index is 357. The van der Waals surface area contributed by atoms with Gasteiger partial charge in [-0.25, -0.2) is 0 Å². The molecule has 0 spiro atoms. The lowest BCUT2D eigenvalue weighted by Gasteiger charge is -2.15. The monoisotopic (exact) mass is 238 g/mol. The highest BCUT2D eigenvalue weighted by Gasteiger charge is 2.40. The molecule has 0 aliphatic heterocycles. The Hall–Kier alpha value is -0.870. The van der Waals surface area contributed by atoms with Crippen LogP contribution in [0.4, 0.5) is 0 Å². The van der Waals surface area contributed by atoms with Gasteiger partial charge in [0, 0.05) is 11.4 Å². The zero-order chi connectivity index (χ0) is 11.6. The number of thiophene rings is 1. The van der Waals surface area contributed by atoms with Crippen molar-refractivity contribution >= 4 is 17.2 Å². The molecule has 1 unspecified atom stereocenters. The van der Waals surface area contributed by atoms with Crippen molar-refractivity contribution < 1.29 is 4.79 Å². The van der Waals surface area contributed by atoms with E-state index in [-0.39, 0.29) is 5.91 Å². The second kappa shape index (κ2) is 4.55. The molecule has 0 bridgehead atoms. The van der Waals surface area contributed by atoms with Crippen molar-refractivity contribution in [1.29, 1.82) is 0 Å². The zero-order valence-corrected chi connectivity index (χ0v) is 10.3. The van der Waals surface area contributed by atoms with Crippen molar-refractivity contribution in [3.63, 3.8) is 0 Å². The summed E-state index contributed by atoms with van der Waals surface area (Å²) in [6.07, 6.45) is 3.61. The molecule has 1 aliphatic rings. The maximum atomic E-state index is 11.8. The van der Waals surface area contributed by atoms with E-state index >= 15 is 0 Å². The van der Waals surface area contributed by atoms with E-state index in [0.717, 1.165) is 17.8 Å². The van der Waals surface area contributed by atoms with Gasteiger partial charge in [-0.1, -0.05) is 13.0 Å². The van der Waals surface area contributed by atoms with Gasteiger partial charge >= 0.3 is 0 Å². The minimum Gasteiger partial charge on any atom is -0.354 e. The molecular formula is C12H18N2OS. The smallest absolute Gasteiger partial charge is 0.242 e. The number of rotatable bonds is 5. The lowest BCUT2D eigenvalue weighted by atomic mass is 10.0. The topological polar surface area (TPSA) is 55.1 Å². The summed E-state index contributed by atoms with van der Waals surface area (Å²) in [5.41, 5.74) is 6.25. The van der Waals surface area contributed by atoms with Gasteiger partial charge in [0.05, 0.1) is 0 Å². The molecule has 4 heteroatoms. The summed E-state index contributed by atoms with van der Waals surface area (Å²) in [6.45, 7) is 2.96. The Balaban J connectivity index is 1.84. The van der Waals surface area contributed by atoms with E-state index in [1.165, 1.54) is 24.2 Å². The normalized spacial score (nSPS) is 19.1. The van der Waals surface area contributed by atoms with Gasteiger partial charge in [0.15, 0.2) is 0 Å². The number of hydrogen-bond acceptors (Lipinski definition) is 3. The molecule has 3 N–H and O–H groups in total. The molecule has 1 fully saturated rings. The van der Waals surface area contributed by atoms with Crippen molar-refractivity contribution in [2.45, 2.75) is 32.2 Å². The summed E-state index contributed by atoms with van der Waals surface area (Å²) < 4.78 is 0. The second-order valence-electron chi connectivity index (χ2n) is 4.56. The minimum absolute atomic E-state index is 0.0535. The first kappa shape index (κ1) is 11.6. The first-order valence-corrected chi connectivity index (χ1v) is 6.61. The number of amides is 1. The predicted molar refractivity (Wildman–Crippen MR) is 66.2 cm³/mol. The molecular weight excluding hydrogens is 220 g/mol. The number of carbonyl (C=O) groups excluding carboxylic acids is 1. The minimum atomic E-state index is -0.507. The maximum Gasteiger partial charge on any atom is 0.242 e. The van der Waals surface area contributed by atoms with Crippen LogP contribution in [0.1, 0.15) is 37.1 Å². The standard InChI is InChI=1S/C12H18N2OS/c1-2-12(5-6-12)8-14-11(15)10(13)9-4-3-7-16-9/h3-4,7,10H,2,5-6,8,13H2,1H3,(H,14,15). The van der Waals surface area contributed by atoms with Crippen LogP contribution in [-0.4, -0.2) is 12.5 Å². The van der Waals surface area contributed by atoms with Gasteiger partial charge in [0.25, 0.3) is 0 Å². The highest BCUT2D eigenvalue weighted by molar-refractivity contribution is 7.10. The molecule has 2 rings (SSSR count). The molecule has 1 atom stereocenters. The van der Waals surface area contributed by atoms with Gasteiger partial charge in [-0.2, -0.15) is 0 Å². The molecule has 1 aromatic heterocycles. The number of hydrogen-bond donors (Lipinski definition) is 2. The van der Waals surface area contributed by atoms with E-state index in [0.29, 0.717) is 5.41 Å². The van der Waals surface area contributed by atoms with Crippen molar-refractivity contribution in [2.75, 3.05) is 6.54 Å². The van der Waals surface area contributed by atoms with Crippen molar-refractivity contribution in [3.8, 4) is 0 Å². The van der Waals surface area contributed by atoms with Gasteiger partial charge in [-0.3, -0.25) is 4.79 Å². The summed E-state index contributed by atoms with van der Waals surface area (Å²) in [5, 5.41) is 4.91. The lowest BCUT2D eigenvalue weighted by Crippen LogP contribution is -2.37. The Morgan fingerprint density at radius 2 is 2.44 bits per heavy atom. The summed E-state index contributed by atoms with van der Waals surface area (Å²) in [7, 11) is 0. The van der Waals surface area contributed by atoms with Crippen LogP contribution in [0.5, 0.6) is 0 Å². The molecule has 0 saturated heterocycles. The van der Waals surface area contributed by atoms with Crippen molar-refractivity contribution in [3.05, 3.63) is 22.4 Å². The van der Waals surface area contributed by atoms with Crippen LogP contribution in [0.3, 0.4) is 0 Å². The van der Waals surface area contributed by atoms with Gasteiger partial charge in [0.2, 0.25) is 5.91 Å². The molecule has 1 amide bonds. The third-order valence-electron chi connectivity index (χ3n) is 3.48. The van der Waals surface area contributed by atoms with Crippen LogP contribution in [0.2, 0.25) is 0 Å². The fourth-order valence-corrected chi connectivity index (χ4v) is 2.54. The van der Waals surface area contributed by atoms with Crippen LogP contribution in [0.15, 0.2) is 17.5 Å². The average Bonchev–Trinajstić information content (AvgIpc) is 2.88. The van der Waals surface area contributed by atoms with Crippen LogP contribution in [0.25, 0.3) is 0 Å². The van der Waals surface area contributed by atoms with Gasteiger partial charge in [-0.15, -0.1) is 11.3 Å². The number of nitrogens with two attached hydrogens (primary N) is 1. The van der Waals surface area contributed by atoms with E-state index in [9.17, 15) is 4.79 Å².